The summed E-state index contributed by atoms with van der Waals surface area (Å²) in [6, 6.07) is 11.1. The largest absolute Gasteiger partial charge is 0.381 e. The fourth-order valence-electron chi connectivity index (χ4n) is 8.98. The predicted octanol–water partition coefficient (Wildman–Crippen LogP) is 5.13. The third-order valence-electron chi connectivity index (χ3n) is 10.9. The quantitative estimate of drug-likeness (QED) is 0.411. The average molecular weight is 593 g/mol. The first-order valence-corrected chi connectivity index (χ1v) is 16.8. The van der Waals surface area contributed by atoms with Gasteiger partial charge in [-0.3, -0.25) is 19.4 Å². The maximum absolute atomic E-state index is 14.3. The van der Waals surface area contributed by atoms with E-state index in [0.717, 1.165) is 45.3 Å². The highest BCUT2D eigenvalue weighted by Crippen LogP contribution is 2.49. The Balaban J connectivity index is 1.21. The van der Waals surface area contributed by atoms with Crippen LogP contribution in [0.4, 0.5) is 4.79 Å². The first-order valence-electron chi connectivity index (χ1n) is 16.8. The van der Waals surface area contributed by atoms with Crippen LogP contribution in [0.1, 0.15) is 91.0 Å². The van der Waals surface area contributed by atoms with Gasteiger partial charge >= 0.3 is 6.03 Å². The summed E-state index contributed by atoms with van der Waals surface area (Å²) in [5.74, 6) is 1.26. The minimum atomic E-state index is -0.734. The molecule has 0 radical (unpaired) electrons. The van der Waals surface area contributed by atoms with Gasteiger partial charge in [0.05, 0.1) is 0 Å². The summed E-state index contributed by atoms with van der Waals surface area (Å²) >= 11 is 0. The third kappa shape index (κ3) is 5.86. The minimum absolute atomic E-state index is 0.0261. The number of rotatable bonds is 7. The van der Waals surface area contributed by atoms with Crippen LogP contribution < -0.4 is 0 Å². The van der Waals surface area contributed by atoms with E-state index in [1.807, 2.05) is 4.90 Å². The molecule has 8 heteroatoms. The molecule has 2 bridgehead atoms. The van der Waals surface area contributed by atoms with Gasteiger partial charge in [0, 0.05) is 69.9 Å². The van der Waals surface area contributed by atoms with Gasteiger partial charge in [-0.05, 0) is 75.2 Å². The molecule has 6 rings (SSSR count). The van der Waals surface area contributed by atoms with Crippen molar-refractivity contribution in [1.82, 2.24) is 19.6 Å². The lowest BCUT2D eigenvalue weighted by Crippen LogP contribution is -2.62. The van der Waals surface area contributed by atoms with Crippen molar-refractivity contribution < 1.29 is 19.1 Å². The Kier molecular flexibility index (Phi) is 8.40. The Morgan fingerprint density at radius 2 is 1.60 bits per heavy atom. The van der Waals surface area contributed by atoms with Crippen molar-refractivity contribution in [2.75, 3.05) is 39.4 Å². The lowest BCUT2D eigenvalue weighted by Gasteiger charge is -2.48. The molecule has 0 saturated carbocycles. The summed E-state index contributed by atoms with van der Waals surface area (Å²) in [6.07, 6.45) is 5.93. The van der Waals surface area contributed by atoms with Crippen LogP contribution in [0.5, 0.6) is 0 Å². The summed E-state index contributed by atoms with van der Waals surface area (Å²) in [6.45, 7) is 14.9. The van der Waals surface area contributed by atoms with Crippen molar-refractivity contribution in [3.05, 3.63) is 35.9 Å². The first kappa shape index (κ1) is 30.6. The van der Waals surface area contributed by atoms with Crippen LogP contribution >= 0.6 is 0 Å². The monoisotopic (exact) mass is 592 g/mol. The number of ether oxygens (including phenoxy) is 1. The van der Waals surface area contributed by atoms with Crippen molar-refractivity contribution in [2.45, 2.75) is 109 Å². The number of carbonyl (C=O) groups is 3. The van der Waals surface area contributed by atoms with Crippen LogP contribution in [0.3, 0.4) is 0 Å². The molecule has 2 unspecified atom stereocenters. The number of hydrogen-bond acceptors (Lipinski definition) is 5. The molecule has 5 fully saturated rings. The fourth-order valence-corrected chi connectivity index (χ4v) is 8.98. The standard InChI is InChI=1S/C35H52N4O4/c1-24(2)39-33(42)38(20-25-13-15-43-16-14-25)32(41)35(39)17-28-11-12-29(18-35)37(28)22-27-21-36(31(40)19-34(3,4)5)23-30(27)26-9-7-6-8-10-26/h6-10,24-25,27-30H,11-23H2,1-5H3/t27-,28?,29?,30-,35?/m1/s1. The first-order chi connectivity index (χ1) is 20.5. The fraction of sp³-hybridized carbons (Fsp3) is 0.743. The van der Waals surface area contributed by atoms with Crippen LogP contribution in [0.25, 0.3) is 0 Å². The van der Waals surface area contributed by atoms with E-state index in [-0.39, 0.29) is 41.4 Å². The number of urea groups is 1. The van der Waals surface area contributed by atoms with E-state index in [1.54, 1.807) is 4.90 Å². The molecule has 1 spiro atoms. The van der Waals surface area contributed by atoms with Crippen LogP contribution in [0.2, 0.25) is 0 Å². The second-order valence-electron chi connectivity index (χ2n) is 15.6. The van der Waals surface area contributed by atoms with Crippen LogP contribution in [0, 0.1) is 17.3 Å². The van der Waals surface area contributed by atoms with Gasteiger partial charge in [0.25, 0.3) is 5.91 Å². The van der Waals surface area contributed by atoms with Crippen molar-refractivity contribution in [2.24, 2.45) is 17.3 Å². The molecule has 5 saturated heterocycles. The molecule has 0 N–H and O–H groups in total. The molecule has 0 aliphatic carbocycles. The highest BCUT2D eigenvalue weighted by atomic mass is 16.5. The molecule has 5 aliphatic heterocycles. The van der Waals surface area contributed by atoms with Crippen LogP contribution in [-0.4, -0.2) is 101 Å². The number of likely N-dealkylation sites (tertiary alicyclic amines) is 1. The molecule has 4 amide bonds. The van der Waals surface area contributed by atoms with E-state index >= 15 is 0 Å². The number of hydrogen-bond donors (Lipinski definition) is 0. The number of piperidine rings is 1. The number of imide groups is 1. The Morgan fingerprint density at radius 1 is 0.953 bits per heavy atom. The molecule has 4 atom stereocenters. The Bertz CT molecular complexity index is 1180. The topological polar surface area (TPSA) is 73.4 Å². The minimum Gasteiger partial charge on any atom is -0.381 e. The van der Waals surface area contributed by atoms with Gasteiger partial charge in [0.15, 0.2) is 0 Å². The molecule has 0 aromatic heterocycles. The average Bonchev–Trinajstić information content (AvgIpc) is 3.54. The van der Waals surface area contributed by atoms with Crippen LogP contribution in [-0.2, 0) is 14.3 Å². The number of amides is 4. The molecular formula is C35H52N4O4. The summed E-state index contributed by atoms with van der Waals surface area (Å²) < 4.78 is 5.54. The van der Waals surface area contributed by atoms with E-state index < -0.39 is 5.54 Å². The van der Waals surface area contributed by atoms with E-state index in [0.29, 0.717) is 56.8 Å². The van der Waals surface area contributed by atoms with E-state index in [4.69, 9.17) is 4.74 Å². The third-order valence-corrected chi connectivity index (χ3v) is 10.9. The van der Waals surface area contributed by atoms with Gasteiger partial charge in [0.2, 0.25) is 5.91 Å². The summed E-state index contributed by atoms with van der Waals surface area (Å²) in [7, 11) is 0. The maximum Gasteiger partial charge on any atom is 0.327 e. The zero-order valence-electron chi connectivity index (χ0n) is 27.0. The molecule has 236 valence electrons. The number of benzene rings is 1. The van der Waals surface area contributed by atoms with Gasteiger partial charge in [-0.1, -0.05) is 51.1 Å². The van der Waals surface area contributed by atoms with Gasteiger partial charge < -0.3 is 14.5 Å². The van der Waals surface area contributed by atoms with E-state index in [2.05, 4.69) is 74.8 Å². The number of carbonyl (C=O) groups excluding carboxylic acids is 3. The normalized spacial score (nSPS) is 32.2. The predicted molar refractivity (Wildman–Crippen MR) is 166 cm³/mol. The molecule has 1 aromatic rings. The lowest BCUT2D eigenvalue weighted by atomic mass is 9.79. The van der Waals surface area contributed by atoms with Crippen molar-refractivity contribution in [1.29, 1.82) is 0 Å². The summed E-state index contributed by atoms with van der Waals surface area (Å²) in [4.78, 5) is 49.8. The second kappa shape index (κ2) is 11.8. The van der Waals surface area contributed by atoms with Crippen molar-refractivity contribution >= 4 is 17.8 Å². The highest BCUT2D eigenvalue weighted by Gasteiger charge is 2.63. The van der Waals surface area contributed by atoms with Crippen molar-refractivity contribution in [3.8, 4) is 0 Å². The number of fused-ring (bicyclic) bond motifs is 2. The summed E-state index contributed by atoms with van der Waals surface area (Å²) in [5.41, 5.74) is 0.539. The van der Waals surface area contributed by atoms with E-state index in [9.17, 15) is 14.4 Å². The SMILES string of the molecule is CC(C)N1C(=O)N(CC2CCOCC2)C(=O)C12CC1CCC(C2)N1C[C@H]1CN(C(=O)CC(C)(C)C)C[C@@H]1c1ccccc1. The molecular weight excluding hydrogens is 540 g/mol. The Labute approximate surface area is 258 Å². The molecule has 8 nitrogen and oxygen atoms in total. The molecule has 1 aromatic carbocycles. The summed E-state index contributed by atoms with van der Waals surface area (Å²) in [5, 5.41) is 0. The smallest absolute Gasteiger partial charge is 0.327 e. The molecule has 43 heavy (non-hydrogen) atoms. The van der Waals surface area contributed by atoms with E-state index in [1.165, 1.54) is 5.56 Å². The van der Waals surface area contributed by atoms with Gasteiger partial charge in [-0.25, -0.2) is 4.79 Å². The Hall–Kier alpha value is -2.45. The molecule has 5 aliphatic rings. The zero-order valence-corrected chi connectivity index (χ0v) is 27.0. The van der Waals surface area contributed by atoms with Gasteiger partial charge in [0.1, 0.15) is 5.54 Å². The zero-order chi connectivity index (χ0) is 30.5. The van der Waals surface area contributed by atoms with Gasteiger partial charge in [-0.15, -0.1) is 0 Å². The second-order valence-corrected chi connectivity index (χ2v) is 15.6. The lowest BCUT2D eigenvalue weighted by molar-refractivity contribution is -0.139. The highest BCUT2D eigenvalue weighted by molar-refractivity contribution is 6.07. The van der Waals surface area contributed by atoms with Crippen molar-refractivity contribution in [3.63, 3.8) is 0 Å². The van der Waals surface area contributed by atoms with Crippen LogP contribution in [0.15, 0.2) is 30.3 Å². The van der Waals surface area contributed by atoms with Gasteiger partial charge in [-0.2, -0.15) is 0 Å². The Morgan fingerprint density at radius 3 is 2.21 bits per heavy atom. The number of nitrogens with zero attached hydrogens (tertiary/aromatic N) is 4. The maximum atomic E-state index is 14.3. The molecule has 5 heterocycles.